The van der Waals surface area contributed by atoms with Crippen LogP contribution in [0.15, 0.2) is 34.4 Å². The minimum Gasteiger partial charge on any atom is -0.470 e. The predicted molar refractivity (Wildman–Crippen MR) is 111 cm³/mol. The summed E-state index contributed by atoms with van der Waals surface area (Å²) in [5.74, 6) is 2.42. The van der Waals surface area contributed by atoms with Crippen molar-refractivity contribution >= 4 is 18.2 Å². The molecule has 0 spiro atoms. The zero-order valence-electron chi connectivity index (χ0n) is 16.8. The van der Waals surface area contributed by atoms with Crippen LogP contribution < -0.4 is 0 Å². The summed E-state index contributed by atoms with van der Waals surface area (Å²) >= 11 is 1.74. The van der Waals surface area contributed by atoms with Gasteiger partial charge in [-0.05, 0) is 49.9 Å². The number of halogens is 1. The van der Waals surface area contributed by atoms with E-state index in [4.69, 9.17) is 4.74 Å². The molecule has 2 aliphatic heterocycles. The molecule has 8 heteroatoms. The fourth-order valence-corrected chi connectivity index (χ4v) is 5.64. The van der Waals surface area contributed by atoms with Crippen LogP contribution in [0.2, 0.25) is 0 Å². The first-order valence-corrected chi connectivity index (χ1v) is 11.2. The highest BCUT2D eigenvalue weighted by molar-refractivity contribution is 7.99. The van der Waals surface area contributed by atoms with Crippen molar-refractivity contribution in [3.05, 3.63) is 41.5 Å². The molecular weight excluding hydrogens is 389 g/mol. The van der Waals surface area contributed by atoms with E-state index in [1.165, 1.54) is 18.4 Å². The number of thioether (sulfide) groups is 1. The van der Waals surface area contributed by atoms with Gasteiger partial charge in [-0.2, -0.15) is 0 Å². The summed E-state index contributed by atoms with van der Waals surface area (Å²) in [5, 5.41) is 9.58. The van der Waals surface area contributed by atoms with E-state index in [-0.39, 0.29) is 23.4 Å². The van der Waals surface area contributed by atoms with Crippen LogP contribution in [-0.2, 0) is 17.2 Å². The van der Waals surface area contributed by atoms with Gasteiger partial charge in [0.05, 0.1) is 6.04 Å². The van der Waals surface area contributed by atoms with Crippen molar-refractivity contribution in [3.63, 3.8) is 0 Å². The van der Waals surface area contributed by atoms with Crippen LogP contribution in [-0.4, -0.2) is 57.5 Å². The highest BCUT2D eigenvalue weighted by Crippen LogP contribution is 2.58. The van der Waals surface area contributed by atoms with Crippen molar-refractivity contribution in [2.45, 2.75) is 42.5 Å². The summed E-state index contributed by atoms with van der Waals surface area (Å²) in [6.45, 7) is 5.37. The molecule has 1 aromatic carbocycles. The van der Waals surface area contributed by atoms with Crippen LogP contribution in [0.5, 0.6) is 0 Å². The predicted octanol–water partition coefficient (Wildman–Crippen LogP) is 3.20. The number of benzene rings is 1. The Hall–Kier alpha value is -1.93. The SMILES string of the molecule is CC1N=COC1c1nnc(SCCCN2C[C@H]3C[C@@]3(c3ccc(F)cc3)C2)n1C. The smallest absolute Gasteiger partial charge is 0.191 e. The lowest BCUT2D eigenvalue weighted by Crippen LogP contribution is -2.27. The van der Waals surface area contributed by atoms with E-state index in [2.05, 4.69) is 20.1 Å². The summed E-state index contributed by atoms with van der Waals surface area (Å²) < 4.78 is 20.8. The second kappa shape index (κ2) is 7.40. The number of hydrogen-bond acceptors (Lipinski definition) is 6. The zero-order chi connectivity index (χ0) is 20.0. The van der Waals surface area contributed by atoms with Crippen molar-refractivity contribution < 1.29 is 9.13 Å². The molecule has 0 amide bonds. The number of aromatic nitrogens is 3. The average molecular weight is 416 g/mol. The third-order valence-electron chi connectivity index (χ3n) is 6.55. The first-order valence-electron chi connectivity index (χ1n) is 10.2. The van der Waals surface area contributed by atoms with E-state index in [1.807, 2.05) is 30.7 Å². The van der Waals surface area contributed by atoms with Gasteiger partial charge in [0.15, 0.2) is 23.5 Å². The maximum atomic E-state index is 13.2. The number of hydrogen-bond donors (Lipinski definition) is 0. The largest absolute Gasteiger partial charge is 0.470 e. The van der Waals surface area contributed by atoms with Crippen molar-refractivity contribution in [2.24, 2.45) is 18.0 Å². The molecule has 1 aromatic heterocycles. The van der Waals surface area contributed by atoms with Crippen LogP contribution >= 0.6 is 11.8 Å². The van der Waals surface area contributed by atoms with Crippen LogP contribution in [0.4, 0.5) is 4.39 Å². The van der Waals surface area contributed by atoms with Crippen LogP contribution in [0.1, 0.15) is 37.3 Å². The third-order valence-corrected chi connectivity index (χ3v) is 7.66. The Morgan fingerprint density at radius 1 is 1.28 bits per heavy atom. The highest BCUT2D eigenvalue weighted by Gasteiger charge is 2.60. The molecule has 4 atom stereocenters. The number of likely N-dealkylation sites (tertiary alicyclic amines) is 1. The Morgan fingerprint density at radius 3 is 2.86 bits per heavy atom. The van der Waals surface area contributed by atoms with E-state index in [9.17, 15) is 4.39 Å². The first kappa shape index (κ1) is 19.1. The lowest BCUT2D eigenvalue weighted by molar-refractivity contribution is 0.194. The summed E-state index contributed by atoms with van der Waals surface area (Å²) in [4.78, 5) is 6.81. The van der Waals surface area contributed by atoms with Gasteiger partial charge >= 0.3 is 0 Å². The average Bonchev–Trinajstić information content (AvgIpc) is 3.02. The summed E-state index contributed by atoms with van der Waals surface area (Å²) in [7, 11) is 1.99. The first-order chi connectivity index (χ1) is 14.1. The highest BCUT2D eigenvalue weighted by atomic mass is 32.2. The van der Waals surface area contributed by atoms with Crippen LogP contribution in [0.25, 0.3) is 0 Å². The molecule has 6 nitrogen and oxygen atoms in total. The van der Waals surface area contributed by atoms with Gasteiger partial charge in [-0.25, -0.2) is 4.39 Å². The molecule has 154 valence electrons. The zero-order valence-corrected chi connectivity index (χ0v) is 17.6. The molecule has 3 heterocycles. The van der Waals surface area contributed by atoms with Crippen LogP contribution in [0.3, 0.4) is 0 Å². The molecule has 1 aliphatic carbocycles. The minimum absolute atomic E-state index is 0.0748. The summed E-state index contributed by atoms with van der Waals surface area (Å²) in [6.07, 6.45) is 3.73. The van der Waals surface area contributed by atoms with E-state index in [0.29, 0.717) is 0 Å². The number of rotatable bonds is 7. The van der Waals surface area contributed by atoms with E-state index < -0.39 is 0 Å². The Labute approximate surface area is 174 Å². The maximum absolute atomic E-state index is 13.2. The molecule has 0 bridgehead atoms. The number of aliphatic imine (C=N–C) groups is 1. The quantitative estimate of drug-likeness (QED) is 0.514. The molecule has 2 unspecified atom stereocenters. The van der Waals surface area contributed by atoms with Crippen molar-refractivity contribution in [2.75, 3.05) is 25.4 Å². The molecule has 3 aliphatic rings. The summed E-state index contributed by atoms with van der Waals surface area (Å²) in [5.41, 5.74) is 1.58. The number of nitrogens with zero attached hydrogens (tertiary/aromatic N) is 5. The normalized spacial score (nSPS) is 30.5. The monoisotopic (exact) mass is 415 g/mol. The third kappa shape index (κ3) is 3.46. The van der Waals surface area contributed by atoms with E-state index in [0.717, 1.165) is 48.7 Å². The van der Waals surface area contributed by atoms with Gasteiger partial charge in [-0.15, -0.1) is 10.2 Å². The Kier molecular flexibility index (Phi) is 4.86. The van der Waals surface area contributed by atoms with Gasteiger partial charge in [0.25, 0.3) is 0 Å². The van der Waals surface area contributed by atoms with E-state index in [1.54, 1.807) is 23.9 Å². The lowest BCUT2D eigenvalue weighted by atomic mass is 9.95. The van der Waals surface area contributed by atoms with Gasteiger partial charge in [0.1, 0.15) is 5.82 Å². The molecular formula is C21H26FN5OS. The van der Waals surface area contributed by atoms with Gasteiger partial charge < -0.3 is 14.2 Å². The summed E-state index contributed by atoms with van der Waals surface area (Å²) in [6, 6.07) is 7.21. The van der Waals surface area contributed by atoms with Crippen LogP contribution in [0, 0.1) is 11.7 Å². The Bertz CT molecular complexity index is 916. The van der Waals surface area contributed by atoms with E-state index >= 15 is 0 Å². The van der Waals surface area contributed by atoms with Crippen molar-refractivity contribution in [3.8, 4) is 0 Å². The number of ether oxygens (including phenoxy) is 1. The fourth-order valence-electron chi connectivity index (χ4n) is 4.80. The maximum Gasteiger partial charge on any atom is 0.191 e. The molecule has 2 aromatic rings. The molecule has 0 N–H and O–H groups in total. The second-order valence-electron chi connectivity index (χ2n) is 8.45. The minimum atomic E-state index is -0.150. The molecule has 5 rings (SSSR count). The second-order valence-corrected chi connectivity index (χ2v) is 9.51. The molecule has 2 fully saturated rings. The fraction of sp³-hybridized carbons (Fsp3) is 0.571. The van der Waals surface area contributed by atoms with Crippen molar-refractivity contribution in [1.29, 1.82) is 0 Å². The van der Waals surface area contributed by atoms with Crippen molar-refractivity contribution in [1.82, 2.24) is 19.7 Å². The molecule has 1 saturated heterocycles. The number of fused-ring (bicyclic) bond motifs is 1. The Morgan fingerprint density at radius 2 is 2.10 bits per heavy atom. The van der Waals surface area contributed by atoms with Gasteiger partial charge in [0.2, 0.25) is 0 Å². The number of piperidine rings is 1. The molecule has 1 saturated carbocycles. The van der Waals surface area contributed by atoms with Gasteiger partial charge in [-0.3, -0.25) is 4.99 Å². The topological polar surface area (TPSA) is 55.5 Å². The molecule has 0 radical (unpaired) electrons. The molecule has 29 heavy (non-hydrogen) atoms. The Balaban J connectivity index is 1.10. The van der Waals surface area contributed by atoms with Gasteiger partial charge in [0, 0.05) is 31.3 Å². The van der Waals surface area contributed by atoms with Gasteiger partial charge in [-0.1, -0.05) is 23.9 Å². The lowest BCUT2D eigenvalue weighted by Gasteiger charge is -2.21. The standard InChI is InChI=1S/C21H26FN5OS/c1-14-18(28-13-23-14)19-24-25-20(26(19)2)29-9-3-8-27-11-16-10-21(16,12-27)15-4-6-17(22)7-5-15/h4-7,13-14,16,18H,3,8-12H2,1-2H3/t14?,16-,18?,21+/m1/s1.